The van der Waals surface area contributed by atoms with Crippen molar-refractivity contribution in [1.82, 2.24) is 9.55 Å². The van der Waals surface area contributed by atoms with Gasteiger partial charge in [0.15, 0.2) is 0 Å². The molecule has 20 heavy (non-hydrogen) atoms. The van der Waals surface area contributed by atoms with E-state index in [-0.39, 0.29) is 11.2 Å². The summed E-state index contributed by atoms with van der Waals surface area (Å²) in [7, 11) is 0. The first-order valence-electron chi connectivity index (χ1n) is 6.14. The first-order valence-corrected chi connectivity index (χ1v) is 7.65. The maximum atomic E-state index is 13.1. The molecule has 0 saturated heterocycles. The third-order valence-corrected chi connectivity index (χ3v) is 3.95. The summed E-state index contributed by atoms with van der Waals surface area (Å²) >= 11 is 8.49. The van der Waals surface area contributed by atoms with E-state index in [0.717, 1.165) is 26.1 Å². The van der Waals surface area contributed by atoms with Crippen LogP contribution in [0.3, 0.4) is 0 Å². The second-order valence-corrected chi connectivity index (χ2v) is 6.43. The zero-order chi connectivity index (χ0) is 14.3. The Hall–Kier alpha value is -1.14. The molecule has 0 saturated carbocycles. The van der Waals surface area contributed by atoms with Gasteiger partial charge < -0.3 is 0 Å². The van der Waals surface area contributed by atoms with Gasteiger partial charge in [-0.25, -0.2) is 9.37 Å². The van der Waals surface area contributed by atoms with Gasteiger partial charge in [0.2, 0.25) is 0 Å². The van der Waals surface area contributed by atoms with Crippen LogP contribution in [0.2, 0.25) is 0 Å². The molecule has 0 N–H and O–H groups in total. The molecule has 0 aliphatic rings. The van der Waals surface area contributed by atoms with E-state index in [4.69, 9.17) is 11.6 Å². The van der Waals surface area contributed by atoms with Gasteiger partial charge >= 0.3 is 0 Å². The van der Waals surface area contributed by atoms with Gasteiger partial charge in [0.25, 0.3) is 0 Å². The summed E-state index contributed by atoms with van der Waals surface area (Å²) in [6, 6.07) is 12.4. The fraction of sp³-hybridized carbons (Fsp3) is 0.133. The molecule has 0 amide bonds. The number of fused-ring (bicyclic) bond motifs is 1. The summed E-state index contributed by atoms with van der Waals surface area (Å²) in [4.78, 5) is 4.60. The Labute approximate surface area is 134 Å². The molecule has 2 nitrogen and oxygen atoms in total. The maximum Gasteiger partial charge on any atom is 0.132 e. The summed E-state index contributed by atoms with van der Waals surface area (Å²) in [5.74, 6) is 0.503. The second kappa shape index (κ2) is 5.33. The third-order valence-electron chi connectivity index (χ3n) is 3.08. The van der Waals surface area contributed by atoms with Crippen molar-refractivity contribution in [2.45, 2.75) is 12.3 Å². The molecular weight excluding hydrogens is 390 g/mol. The molecule has 0 fully saturated rings. The van der Waals surface area contributed by atoms with Gasteiger partial charge in [-0.15, -0.1) is 11.6 Å². The van der Waals surface area contributed by atoms with Crippen molar-refractivity contribution in [2.24, 2.45) is 0 Å². The molecule has 1 atom stereocenters. The molecule has 1 unspecified atom stereocenters. The quantitative estimate of drug-likeness (QED) is 0.434. The number of aromatic nitrogens is 2. The molecule has 102 valence electrons. The van der Waals surface area contributed by atoms with E-state index in [0.29, 0.717) is 0 Å². The Balaban J connectivity index is 2.31. The van der Waals surface area contributed by atoms with Crippen LogP contribution in [0.25, 0.3) is 16.7 Å². The van der Waals surface area contributed by atoms with Gasteiger partial charge in [0, 0.05) is 9.26 Å². The van der Waals surface area contributed by atoms with Crippen molar-refractivity contribution in [2.75, 3.05) is 0 Å². The van der Waals surface area contributed by atoms with Crippen molar-refractivity contribution >= 4 is 45.2 Å². The minimum absolute atomic E-state index is 0.231. The van der Waals surface area contributed by atoms with Gasteiger partial charge in [0.1, 0.15) is 11.6 Å². The summed E-state index contributed by atoms with van der Waals surface area (Å²) in [6.07, 6.45) is 0. The fourth-order valence-corrected chi connectivity index (χ4v) is 2.82. The van der Waals surface area contributed by atoms with Crippen molar-refractivity contribution in [1.29, 1.82) is 0 Å². The number of benzene rings is 2. The fourth-order valence-electron chi connectivity index (χ4n) is 2.20. The standard InChI is InChI=1S/C15H11ClFIN2/c1-9(16)15-19-13-8-11(18)4-7-14(13)20(15)12-5-2-10(17)3-6-12/h2-9H,1H3. The highest BCUT2D eigenvalue weighted by Crippen LogP contribution is 2.29. The Morgan fingerprint density at radius 2 is 1.90 bits per heavy atom. The summed E-state index contributed by atoms with van der Waals surface area (Å²) in [5, 5.41) is -0.231. The number of imidazole rings is 1. The van der Waals surface area contributed by atoms with Crippen LogP contribution in [-0.4, -0.2) is 9.55 Å². The average Bonchev–Trinajstić information content (AvgIpc) is 2.78. The highest BCUT2D eigenvalue weighted by molar-refractivity contribution is 14.1. The van der Waals surface area contributed by atoms with Crippen molar-refractivity contribution < 1.29 is 4.39 Å². The molecule has 0 aliphatic carbocycles. The molecule has 0 radical (unpaired) electrons. The SMILES string of the molecule is CC(Cl)c1nc2cc(I)ccc2n1-c1ccc(F)cc1. The minimum atomic E-state index is -0.256. The largest absolute Gasteiger partial charge is 0.295 e. The van der Waals surface area contributed by atoms with Gasteiger partial charge in [-0.1, -0.05) is 0 Å². The predicted molar refractivity (Wildman–Crippen MR) is 88.0 cm³/mol. The lowest BCUT2D eigenvalue weighted by molar-refractivity contribution is 0.627. The Morgan fingerprint density at radius 1 is 1.20 bits per heavy atom. The number of hydrogen-bond acceptors (Lipinski definition) is 1. The van der Waals surface area contributed by atoms with E-state index in [1.165, 1.54) is 12.1 Å². The number of nitrogens with zero attached hydrogens (tertiary/aromatic N) is 2. The van der Waals surface area contributed by atoms with Gasteiger partial charge in [0.05, 0.1) is 16.4 Å². The van der Waals surface area contributed by atoms with Crippen LogP contribution in [0.15, 0.2) is 42.5 Å². The van der Waals surface area contributed by atoms with E-state index in [2.05, 4.69) is 27.6 Å². The van der Waals surface area contributed by atoms with Crippen molar-refractivity contribution in [3.8, 4) is 5.69 Å². The Bertz CT molecular complexity index is 765. The predicted octanol–water partition coefficient (Wildman–Crippen LogP) is 5.07. The van der Waals surface area contributed by atoms with Crippen LogP contribution >= 0.6 is 34.2 Å². The third kappa shape index (κ3) is 2.42. The molecular formula is C15H11ClFIN2. The van der Waals surface area contributed by atoms with E-state index in [9.17, 15) is 4.39 Å². The van der Waals surface area contributed by atoms with Crippen LogP contribution in [0.1, 0.15) is 18.1 Å². The molecule has 1 heterocycles. The monoisotopic (exact) mass is 400 g/mol. The molecule has 3 aromatic rings. The van der Waals surface area contributed by atoms with Crippen LogP contribution < -0.4 is 0 Å². The first-order chi connectivity index (χ1) is 9.56. The van der Waals surface area contributed by atoms with Crippen molar-refractivity contribution in [3.63, 3.8) is 0 Å². The van der Waals surface area contributed by atoms with E-state index in [1.54, 1.807) is 12.1 Å². The number of alkyl halides is 1. The second-order valence-electron chi connectivity index (χ2n) is 4.53. The first kappa shape index (κ1) is 13.8. The van der Waals surface area contributed by atoms with E-state index >= 15 is 0 Å². The number of hydrogen-bond donors (Lipinski definition) is 0. The summed E-state index contributed by atoms with van der Waals surface area (Å²) < 4.78 is 16.2. The maximum absolute atomic E-state index is 13.1. The molecule has 2 aromatic carbocycles. The lowest BCUT2D eigenvalue weighted by Crippen LogP contribution is -2.01. The summed E-state index contributed by atoms with van der Waals surface area (Å²) in [5.41, 5.74) is 2.72. The smallest absolute Gasteiger partial charge is 0.132 e. The summed E-state index contributed by atoms with van der Waals surface area (Å²) in [6.45, 7) is 1.88. The highest BCUT2D eigenvalue weighted by Gasteiger charge is 2.16. The lowest BCUT2D eigenvalue weighted by Gasteiger charge is -2.10. The highest BCUT2D eigenvalue weighted by atomic mass is 127. The van der Waals surface area contributed by atoms with E-state index < -0.39 is 0 Å². The van der Waals surface area contributed by atoms with E-state index in [1.807, 2.05) is 29.7 Å². The Kier molecular flexibility index (Phi) is 3.69. The Morgan fingerprint density at radius 3 is 2.55 bits per heavy atom. The molecule has 1 aromatic heterocycles. The van der Waals surface area contributed by atoms with Gasteiger partial charge in [-0.2, -0.15) is 0 Å². The van der Waals surface area contributed by atoms with Crippen LogP contribution in [0.5, 0.6) is 0 Å². The lowest BCUT2D eigenvalue weighted by atomic mass is 10.2. The zero-order valence-corrected chi connectivity index (χ0v) is 13.6. The van der Waals surface area contributed by atoms with Crippen LogP contribution in [-0.2, 0) is 0 Å². The minimum Gasteiger partial charge on any atom is -0.295 e. The van der Waals surface area contributed by atoms with Crippen LogP contribution in [0, 0.1) is 9.39 Å². The van der Waals surface area contributed by atoms with Crippen LogP contribution in [0.4, 0.5) is 4.39 Å². The average molecular weight is 401 g/mol. The van der Waals surface area contributed by atoms with Gasteiger partial charge in [-0.3, -0.25) is 4.57 Å². The molecule has 0 bridgehead atoms. The topological polar surface area (TPSA) is 17.8 Å². The molecule has 3 rings (SSSR count). The van der Waals surface area contributed by atoms with Gasteiger partial charge in [-0.05, 0) is 72.0 Å². The molecule has 0 aliphatic heterocycles. The van der Waals surface area contributed by atoms with Crippen molar-refractivity contribution in [3.05, 3.63) is 57.7 Å². The zero-order valence-electron chi connectivity index (χ0n) is 10.6. The number of halogens is 3. The number of rotatable bonds is 2. The normalized spacial score (nSPS) is 12.8. The molecule has 5 heteroatoms. The molecule has 0 spiro atoms.